The van der Waals surface area contributed by atoms with E-state index in [0.717, 1.165) is 24.1 Å². The molecule has 8 heteroatoms. The van der Waals surface area contributed by atoms with Crippen LogP contribution in [0, 0.1) is 0 Å². The van der Waals surface area contributed by atoms with Gasteiger partial charge >= 0.3 is 12.1 Å². The number of amides is 1. The Kier molecular flexibility index (Phi) is 7.79. The van der Waals surface area contributed by atoms with Gasteiger partial charge in [-0.25, -0.2) is 14.6 Å². The molecule has 2 aromatic rings. The summed E-state index contributed by atoms with van der Waals surface area (Å²) >= 11 is 0. The molecule has 33 heavy (non-hydrogen) atoms. The fourth-order valence-corrected chi connectivity index (χ4v) is 3.68. The number of benzene rings is 1. The molecule has 0 saturated carbocycles. The number of aromatic nitrogens is 1. The number of nitrogens with zero attached hydrogens (tertiary/aromatic N) is 2. The molecule has 0 N–H and O–H groups in total. The summed E-state index contributed by atoms with van der Waals surface area (Å²) in [6, 6.07) is 11.0. The first kappa shape index (κ1) is 24.4. The lowest BCUT2D eigenvalue weighted by molar-refractivity contribution is 0.0203. The molecule has 1 aliphatic heterocycles. The third-order valence-corrected chi connectivity index (χ3v) is 5.37. The molecule has 0 radical (unpaired) electrons. The molecule has 1 amide bonds. The number of piperidine rings is 1. The molecule has 0 bridgehead atoms. The molecule has 1 saturated heterocycles. The lowest BCUT2D eigenvalue weighted by atomic mass is 9.93. The number of methoxy groups -OCH3 is 2. The van der Waals surface area contributed by atoms with E-state index in [0.29, 0.717) is 30.3 Å². The van der Waals surface area contributed by atoms with E-state index >= 15 is 0 Å². The molecule has 1 aromatic carbocycles. The van der Waals surface area contributed by atoms with Gasteiger partial charge < -0.3 is 23.8 Å². The quantitative estimate of drug-likeness (QED) is 0.589. The van der Waals surface area contributed by atoms with Crippen LogP contribution in [0.5, 0.6) is 11.6 Å². The van der Waals surface area contributed by atoms with E-state index in [2.05, 4.69) is 4.98 Å². The number of hydrogen-bond donors (Lipinski definition) is 0. The van der Waals surface area contributed by atoms with Crippen LogP contribution >= 0.6 is 0 Å². The molecular weight excluding hydrogens is 424 g/mol. The Morgan fingerprint density at radius 2 is 1.82 bits per heavy atom. The fraction of sp³-hybridized carbons (Fsp3) is 0.480. The Morgan fingerprint density at radius 3 is 2.45 bits per heavy atom. The monoisotopic (exact) mass is 456 g/mol. The second-order valence-corrected chi connectivity index (χ2v) is 8.96. The van der Waals surface area contributed by atoms with Crippen molar-refractivity contribution in [1.82, 2.24) is 9.88 Å². The SMILES string of the molecule is COC(=O)c1ccc(COc2cccc(C3CCN(C(=O)OC(C)(C)C)CC3)n2)cc1OC. The maximum Gasteiger partial charge on any atom is 0.410 e. The average molecular weight is 457 g/mol. The number of ether oxygens (including phenoxy) is 4. The number of carbonyl (C=O) groups excluding carboxylic acids is 2. The molecule has 178 valence electrons. The second kappa shape index (κ2) is 10.6. The highest BCUT2D eigenvalue weighted by atomic mass is 16.6. The molecule has 0 atom stereocenters. The minimum Gasteiger partial charge on any atom is -0.496 e. The normalized spacial score (nSPS) is 14.5. The number of hydrogen-bond acceptors (Lipinski definition) is 7. The Hall–Kier alpha value is -3.29. The number of likely N-dealkylation sites (tertiary alicyclic amines) is 1. The molecule has 8 nitrogen and oxygen atoms in total. The van der Waals surface area contributed by atoms with E-state index in [4.69, 9.17) is 18.9 Å². The summed E-state index contributed by atoms with van der Waals surface area (Å²) < 4.78 is 21.4. The van der Waals surface area contributed by atoms with Gasteiger partial charge in [-0.2, -0.15) is 0 Å². The van der Waals surface area contributed by atoms with E-state index in [1.165, 1.54) is 14.2 Å². The smallest absolute Gasteiger partial charge is 0.410 e. The van der Waals surface area contributed by atoms with Crippen molar-refractivity contribution in [2.24, 2.45) is 0 Å². The summed E-state index contributed by atoms with van der Waals surface area (Å²) in [5.41, 5.74) is 1.67. The van der Waals surface area contributed by atoms with Gasteiger partial charge in [-0.3, -0.25) is 0 Å². The lowest BCUT2D eigenvalue weighted by Gasteiger charge is -2.33. The summed E-state index contributed by atoms with van der Waals surface area (Å²) in [6.07, 6.45) is 1.38. The predicted molar refractivity (Wildman–Crippen MR) is 123 cm³/mol. The van der Waals surface area contributed by atoms with Crippen LogP contribution in [0.1, 0.15) is 61.1 Å². The lowest BCUT2D eigenvalue weighted by Crippen LogP contribution is -2.41. The minimum atomic E-state index is -0.495. The largest absolute Gasteiger partial charge is 0.496 e. The van der Waals surface area contributed by atoms with Gasteiger partial charge in [0.2, 0.25) is 5.88 Å². The maximum absolute atomic E-state index is 12.3. The van der Waals surface area contributed by atoms with Crippen molar-refractivity contribution in [3.63, 3.8) is 0 Å². The Bertz CT molecular complexity index is 977. The molecule has 1 aliphatic rings. The maximum atomic E-state index is 12.3. The van der Waals surface area contributed by atoms with Crippen LogP contribution in [0.15, 0.2) is 36.4 Å². The van der Waals surface area contributed by atoms with Crippen molar-refractivity contribution < 1.29 is 28.5 Å². The third kappa shape index (κ3) is 6.60. The Labute approximate surface area is 194 Å². The van der Waals surface area contributed by atoms with Crippen molar-refractivity contribution >= 4 is 12.1 Å². The summed E-state index contributed by atoms with van der Waals surface area (Å²) in [5, 5.41) is 0. The topological polar surface area (TPSA) is 87.2 Å². The molecule has 2 heterocycles. The van der Waals surface area contributed by atoms with Gasteiger partial charge in [0.25, 0.3) is 0 Å². The standard InChI is InChI=1S/C25H32N2O6/c1-25(2,3)33-24(29)27-13-11-18(12-14-27)20-7-6-8-22(26-20)32-16-17-9-10-19(23(28)31-5)21(15-17)30-4/h6-10,15,18H,11-14,16H2,1-5H3. The predicted octanol–water partition coefficient (Wildman–Crippen LogP) is 4.57. The highest BCUT2D eigenvalue weighted by Crippen LogP contribution is 2.29. The third-order valence-electron chi connectivity index (χ3n) is 5.37. The first-order valence-corrected chi connectivity index (χ1v) is 11.0. The summed E-state index contributed by atoms with van der Waals surface area (Å²) in [5.74, 6) is 0.762. The van der Waals surface area contributed by atoms with E-state index in [1.54, 1.807) is 23.1 Å². The van der Waals surface area contributed by atoms with Crippen LogP contribution in [-0.2, 0) is 16.1 Å². The summed E-state index contributed by atoms with van der Waals surface area (Å²) in [4.78, 5) is 30.5. The van der Waals surface area contributed by atoms with Crippen molar-refractivity contribution in [1.29, 1.82) is 0 Å². The van der Waals surface area contributed by atoms with Crippen molar-refractivity contribution in [2.45, 2.75) is 51.7 Å². The van der Waals surface area contributed by atoms with Gasteiger partial charge in [0, 0.05) is 30.8 Å². The highest BCUT2D eigenvalue weighted by molar-refractivity contribution is 5.92. The van der Waals surface area contributed by atoms with E-state index in [9.17, 15) is 9.59 Å². The van der Waals surface area contributed by atoms with Crippen LogP contribution in [0.25, 0.3) is 0 Å². The zero-order chi connectivity index (χ0) is 24.0. The molecule has 0 aliphatic carbocycles. The second-order valence-electron chi connectivity index (χ2n) is 8.96. The Balaban J connectivity index is 1.59. The molecular formula is C25H32N2O6. The minimum absolute atomic E-state index is 0.256. The molecule has 0 unspecified atom stereocenters. The first-order valence-electron chi connectivity index (χ1n) is 11.0. The number of rotatable bonds is 6. The fourth-order valence-electron chi connectivity index (χ4n) is 3.68. The molecule has 0 spiro atoms. The zero-order valence-electron chi connectivity index (χ0n) is 19.9. The van der Waals surface area contributed by atoms with Crippen LogP contribution in [0.2, 0.25) is 0 Å². The van der Waals surface area contributed by atoms with Gasteiger partial charge in [0.05, 0.1) is 14.2 Å². The van der Waals surface area contributed by atoms with E-state index in [1.807, 2.05) is 39.0 Å². The Morgan fingerprint density at radius 1 is 1.09 bits per heavy atom. The average Bonchev–Trinajstić information content (AvgIpc) is 2.81. The molecule has 1 aromatic heterocycles. The van der Waals surface area contributed by atoms with Crippen LogP contribution in [0.4, 0.5) is 4.79 Å². The number of carbonyl (C=O) groups is 2. The molecule has 1 fully saturated rings. The van der Waals surface area contributed by atoms with Gasteiger partial charge in [0.15, 0.2) is 0 Å². The van der Waals surface area contributed by atoms with E-state index < -0.39 is 11.6 Å². The molecule has 3 rings (SSSR count). The van der Waals surface area contributed by atoms with Crippen molar-refractivity contribution in [2.75, 3.05) is 27.3 Å². The van der Waals surface area contributed by atoms with Gasteiger partial charge in [0.1, 0.15) is 23.5 Å². The number of pyridine rings is 1. The van der Waals surface area contributed by atoms with Crippen molar-refractivity contribution in [3.8, 4) is 11.6 Å². The van der Waals surface area contributed by atoms with Gasteiger partial charge in [-0.15, -0.1) is 0 Å². The zero-order valence-corrected chi connectivity index (χ0v) is 19.9. The van der Waals surface area contributed by atoms with Crippen LogP contribution < -0.4 is 9.47 Å². The van der Waals surface area contributed by atoms with Crippen LogP contribution in [-0.4, -0.2) is 54.9 Å². The van der Waals surface area contributed by atoms with E-state index in [-0.39, 0.29) is 18.6 Å². The van der Waals surface area contributed by atoms with Crippen LogP contribution in [0.3, 0.4) is 0 Å². The van der Waals surface area contributed by atoms with Crippen molar-refractivity contribution in [3.05, 3.63) is 53.2 Å². The summed E-state index contributed by atoms with van der Waals surface area (Å²) in [7, 11) is 2.84. The summed E-state index contributed by atoms with van der Waals surface area (Å²) in [6.45, 7) is 7.17. The van der Waals surface area contributed by atoms with Gasteiger partial charge in [-0.05, 0) is 57.4 Å². The highest BCUT2D eigenvalue weighted by Gasteiger charge is 2.28. The van der Waals surface area contributed by atoms with Gasteiger partial charge in [-0.1, -0.05) is 12.1 Å². The first-order chi connectivity index (χ1) is 15.7. The number of esters is 1.